The molecule has 29 heavy (non-hydrogen) atoms. The summed E-state index contributed by atoms with van der Waals surface area (Å²) in [7, 11) is 0. The van der Waals surface area contributed by atoms with Crippen molar-refractivity contribution < 1.29 is 28.7 Å². The van der Waals surface area contributed by atoms with Crippen LogP contribution < -0.4 is 10.1 Å². The van der Waals surface area contributed by atoms with Gasteiger partial charge in [-0.25, -0.2) is 0 Å². The number of carbonyl (C=O) groups is 5. The molecule has 8 nitrogen and oxygen atoms in total. The highest BCUT2D eigenvalue weighted by Crippen LogP contribution is 2.30. The number of nitrogens with one attached hydrogen (secondary N) is 1. The van der Waals surface area contributed by atoms with E-state index in [1.807, 2.05) is 0 Å². The van der Waals surface area contributed by atoms with E-state index < -0.39 is 29.7 Å². The zero-order valence-corrected chi connectivity index (χ0v) is 16.1. The lowest BCUT2D eigenvalue weighted by molar-refractivity contribution is -0.136. The largest absolute Gasteiger partial charge is 0.494 e. The number of carbonyl (C=O) groups excluding carboxylic acids is 5. The third-order valence-electron chi connectivity index (χ3n) is 5.15. The number of hydrogen-bond donors (Lipinski definition) is 1. The van der Waals surface area contributed by atoms with Crippen LogP contribution in [0, 0.1) is 0 Å². The van der Waals surface area contributed by atoms with E-state index in [1.54, 1.807) is 6.07 Å². The van der Waals surface area contributed by atoms with Gasteiger partial charge in [0.05, 0.1) is 17.7 Å². The summed E-state index contributed by atoms with van der Waals surface area (Å²) in [5.74, 6) is -1.60. The molecule has 0 bridgehead atoms. The Kier molecular flexibility index (Phi) is 6.74. The topological polar surface area (TPSA) is 110 Å². The molecule has 1 N–H and O–H groups in total. The van der Waals surface area contributed by atoms with Crippen molar-refractivity contribution in [2.24, 2.45) is 0 Å². The minimum atomic E-state index is -0.969. The van der Waals surface area contributed by atoms with Crippen LogP contribution in [0.1, 0.15) is 72.1 Å². The molecule has 1 fully saturated rings. The first-order valence-corrected chi connectivity index (χ1v) is 9.95. The summed E-state index contributed by atoms with van der Waals surface area (Å²) in [6.45, 7) is 0.492. The standard InChI is InChI=1S/C21H24N2O6/c24-11-5-3-1-2-4-6-12-29-14-7-8-15-16(13-14)21(28)23(20(15)27)17-9-10-18(25)22-19(17)26/h7-8,11,13,17H,1-6,9-10,12H2,(H,22,25,26). The molecular weight excluding hydrogens is 376 g/mol. The Balaban J connectivity index is 1.56. The lowest BCUT2D eigenvalue weighted by Gasteiger charge is -2.27. The summed E-state index contributed by atoms with van der Waals surface area (Å²) in [6, 6.07) is 3.74. The summed E-state index contributed by atoms with van der Waals surface area (Å²) in [5.41, 5.74) is 0.452. The second kappa shape index (κ2) is 9.45. The summed E-state index contributed by atoms with van der Waals surface area (Å²) >= 11 is 0. The Bertz CT molecular complexity index is 834. The first kappa shape index (κ1) is 20.7. The molecular formula is C21H24N2O6. The lowest BCUT2D eigenvalue weighted by Crippen LogP contribution is -2.54. The molecule has 1 aromatic rings. The minimum absolute atomic E-state index is 0.0906. The first-order chi connectivity index (χ1) is 14.0. The number of unbranched alkanes of at least 4 members (excludes halogenated alkanes) is 5. The van der Waals surface area contributed by atoms with E-state index in [0.717, 1.165) is 43.3 Å². The van der Waals surface area contributed by atoms with E-state index >= 15 is 0 Å². The number of aldehydes is 1. The van der Waals surface area contributed by atoms with Gasteiger partial charge < -0.3 is 9.53 Å². The highest BCUT2D eigenvalue weighted by molar-refractivity contribution is 6.23. The normalized spacial score (nSPS) is 18.6. The van der Waals surface area contributed by atoms with Crippen LogP contribution >= 0.6 is 0 Å². The van der Waals surface area contributed by atoms with Crippen LogP contribution in [-0.2, 0) is 14.4 Å². The molecule has 1 atom stereocenters. The molecule has 2 heterocycles. The highest BCUT2D eigenvalue weighted by atomic mass is 16.5. The van der Waals surface area contributed by atoms with Crippen LogP contribution in [0.15, 0.2) is 18.2 Å². The highest BCUT2D eigenvalue weighted by Gasteiger charge is 2.44. The summed E-state index contributed by atoms with van der Waals surface area (Å²) in [6.07, 6.45) is 6.57. The van der Waals surface area contributed by atoms with Crippen molar-refractivity contribution in [3.05, 3.63) is 29.3 Å². The summed E-state index contributed by atoms with van der Waals surface area (Å²) in [5, 5.41) is 2.18. The molecule has 4 amide bonds. The van der Waals surface area contributed by atoms with Crippen molar-refractivity contribution in [1.29, 1.82) is 0 Å². The average Bonchev–Trinajstić information content (AvgIpc) is 2.94. The summed E-state index contributed by atoms with van der Waals surface area (Å²) < 4.78 is 5.70. The predicted molar refractivity (Wildman–Crippen MR) is 102 cm³/mol. The van der Waals surface area contributed by atoms with Crippen molar-refractivity contribution in [2.45, 2.75) is 57.4 Å². The molecule has 1 unspecified atom stereocenters. The Hall–Kier alpha value is -3.03. The number of imide groups is 2. The number of ether oxygens (including phenoxy) is 1. The molecule has 154 valence electrons. The smallest absolute Gasteiger partial charge is 0.262 e. The number of hydrogen-bond acceptors (Lipinski definition) is 6. The van der Waals surface area contributed by atoms with Gasteiger partial charge in [0, 0.05) is 12.8 Å². The average molecular weight is 400 g/mol. The van der Waals surface area contributed by atoms with Crippen LogP contribution in [0.25, 0.3) is 0 Å². The maximum Gasteiger partial charge on any atom is 0.262 e. The molecule has 8 heteroatoms. The van der Waals surface area contributed by atoms with Gasteiger partial charge in [-0.15, -0.1) is 0 Å². The fourth-order valence-corrected chi connectivity index (χ4v) is 3.59. The van der Waals surface area contributed by atoms with E-state index in [0.29, 0.717) is 18.8 Å². The Morgan fingerprint density at radius 1 is 1.00 bits per heavy atom. The van der Waals surface area contributed by atoms with E-state index in [1.165, 1.54) is 12.1 Å². The van der Waals surface area contributed by atoms with E-state index in [9.17, 15) is 24.0 Å². The van der Waals surface area contributed by atoms with Crippen LogP contribution in [0.4, 0.5) is 0 Å². The molecule has 3 rings (SSSR count). The van der Waals surface area contributed by atoms with Gasteiger partial charge in [0.1, 0.15) is 18.1 Å². The van der Waals surface area contributed by atoms with Crippen molar-refractivity contribution in [1.82, 2.24) is 10.2 Å². The monoisotopic (exact) mass is 400 g/mol. The second-order valence-corrected chi connectivity index (χ2v) is 7.23. The van der Waals surface area contributed by atoms with Gasteiger partial charge in [-0.3, -0.25) is 29.4 Å². The number of piperidine rings is 1. The third kappa shape index (κ3) is 4.70. The Labute approximate surface area is 168 Å². The van der Waals surface area contributed by atoms with Gasteiger partial charge in [0.25, 0.3) is 11.8 Å². The fourth-order valence-electron chi connectivity index (χ4n) is 3.59. The van der Waals surface area contributed by atoms with Gasteiger partial charge >= 0.3 is 0 Å². The maximum atomic E-state index is 12.7. The van der Waals surface area contributed by atoms with Crippen LogP contribution in [0.5, 0.6) is 5.75 Å². The number of amides is 4. The molecule has 2 aliphatic rings. The van der Waals surface area contributed by atoms with Gasteiger partial charge in [-0.05, 0) is 37.5 Å². The molecule has 2 aliphatic heterocycles. The summed E-state index contributed by atoms with van der Waals surface area (Å²) in [4.78, 5) is 60.0. The maximum absolute atomic E-state index is 12.7. The molecule has 0 saturated carbocycles. The first-order valence-electron chi connectivity index (χ1n) is 9.95. The second-order valence-electron chi connectivity index (χ2n) is 7.23. The van der Waals surface area contributed by atoms with Gasteiger partial charge in [-0.1, -0.05) is 19.3 Å². The quantitative estimate of drug-likeness (QED) is 0.365. The number of rotatable bonds is 10. The fraction of sp³-hybridized carbons (Fsp3) is 0.476. The van der Waals surface area contributed by atoms with Gasteiger partial charge in [0.15, 0.2) is 0 Å². The lowest BCUT2D eigenvalue weighted by atomic mass is 10.0. The van der Waals surface area contributed by atoms with Crippen molar-refractivity contribution in [3.63, 3.8) is 0 Å². The number of benzene rings is 1. The molecule has 1 aromatic carbocycles. The van der Waals surface area contributed by atoms with Crippen LogP contribution in [0.2, 0.25) is 0 Å². The molecule has 0 radical (unpaired) electrons. The van der Waals surface area contributed by atoms with Crippen LogP contribution in [-0.4, -0.2) is 47.5 Å². The minimum Gasteiger partial charge on any atom is -0.494 e. The zero-order valence-electron chi connectivity index (χ0n) is 16.1. The van der Waals surface area contributed by atoms with Crippen molar-refractivity contribution in [3.8, 4) is 5.75 Å². The predicted octanol–water partition coefficient (Wildman–Crippen LogP) is 2.01. The molecule has 1 saturated heterocycles. The molecule has 0 spiro atoms. The van der Waals surface area contributed by atoms with Gasteiger partial charge in [0.2, 0.25) is 11.8 Å². The Morgan fingerprint density at radius 2 is 1.72 bits per heavy atom. The van der Waals surface area contributed by atoms with Gasteiger partial charge in [-0.2, -0.15) is 0 Å². The Morgan fingerprint density at radius 3 is 2.48 bits per heavy atom. The zero-order chi connectivity index (χ0) is 20.8. The van der Waals surface area contributed by atoms with Crippen molar-refractivity contribution in [2.75, 3.05) is 6.61 Å². The number of fused-ring (bicyclic) bond motifs is 1. The number of nitrogens with zero attached hydrogens (tertiary/aromatic N) is 1. The van der Waals surface area contributed by atoms with E-state index in [-0.39, 0.29) is 24.0 Å². The van der Waals surface area contributed by atoms with E-state index in [2.05, 4.69) is 5.32 Å². The van der Waals surface area contributed by atoms with Crippen LogP contribution in [0.3, 0.4) is 0 Å². The van der Waals surface area contributed by atoms with E-state index in [4.69, 9.17) is 4.74 Å². The third-order valence-corrected chi connectivity index (χ3v) is 5.15. The molecule has 0 aromatic heterocycles. The van der Waals surface area contributed by atoms with Crippen molar-refractivity contribution >= 4 is 29.9 Å². The molecule has 0 aliphatic carbocycles. The SMILES string of the molecule is O=CCCCCCCCOc1ccc2c(c1)C(=O)N(C1CCC(=O)NC1=O)C2=O.